The molecule has 1 heterocycles. The molecular formula is C19H15ClFNO4. The van der Waals surface area contributed by atoms with E-state index in [2.05, 4.69) is 5.32 Å². The molecule has 5 nitrogen and oxygen atoms in total. The number of para-hydroxylation sites is 1. The lowest BCUT2D eigenvalue weighted by atomic mass is 10.2. The number of nitrogens with one attached hydrogen (secondary N) is 1. The van der Waals surface area contributed by atoms with Gasteiger partial charge in [0.05, 0.1) is 11.6 Å². The predicted molar refractivity (Wildman–Crippen MR) is 94.5 cm³/mol. The second-order valence-electron chi connectivity index (χ2n) is 5.68. The Morgan fingerprint density at radius 3 is 2.77 bits per heavy atom. The van der Waals surface area contributed by atoms with Gasteiger partial charge in [0, 0.05) is 10.4 Å². The first-order chi connectivity index (χ1) is 12.4. The van der Waals surface area contributed by atoms with E-state index in [1.54, 1.807) is 6.92 Å². The van der Waals surface area contributed by atoms with Gasteiger partial charge in [0.15, 0.2) is 6.61 Å². The molecule has 3 rings (SSSR count). The van der Waals surface area contributed by atoms with Crippen LogP contribution in [0.2, 0.25) is 5.02 Å². The van der Waals surface area contributed by atoms with Gasteiger partial charge in [0.2, 0.25) is 0 Å². The number of esters is 1. The van der Waals surface area contributed by atoms with Crippen LogP contribution in [0.25, 0.3) is 11.0 Å². The Bertz CT molecular complexity index is 936. The highest BCUT2D eigenvalue weighted by atomic mass is 35.5. The van der Waals surface area contributed by atoms with Crippen LogP contribution in [-0.4, -0.2) is 18.5 Å². The first kappa shape index (κ1) is 17.9. The number of amides is 1. The topological polar surface area (TPSA) is 68.5 Å². The minimum atomic E-state index is -0.962. The molecule has 0 saturated carbocycles. The Kier molecular flexibility index (Phi) is 5.23. The summed E-state index contributed by atoms with van der Waals surface area (Å²) in [6, 6.07) is 12.4. The number of fused-ring (bicyclic) bond motifs is 1. The monoisotopic (exact) mass is 375 g/mol. The minimum Gasteiger partial charge on any atom is -0.459 e. The number of hydrogen-bond donors (Lipinski definition) is 1. The van der Waals surface area contributed by atoms with Crippen molar-refractivity contribution < 1.29 is 23.1 Å². The molecule has 0 aliphatic carbocycles. The molecular weight excluding hydrogens is 361 g/mol. The van der Waals surface area contributed by atoms with Crippen LogP contribution in [0.5, 0.6) is 0 Å². The first-order valence-corrected chi connectivity index (χ1v) is 8.22. The zero-order chi connectivity index (χ0) is 18.7. The van der Waals surface area contributed by atoms with Crippen LogP contribution in [0, 0.1) is 5.82 Å². The first-order valence-electron chi connectivity index (χ1n) is 7.84. The van der Waals surface area contributed by atoms with E-state index in [0.29, 0.717) is 11.3 Å². The van der Waals surface area contributed by atoms with Crippen LogP contribution >= 0.6 is 11.6 Å². The van der Waals surface area contributed by atoms with Gasteiger partial charge in [-0.05, 0) is 37.3 Å². The van der Waals surface area contributed by atoms with Gasteiger partial charge >= 0.3 is 5.97 Å². The molecule has 1 N–H and O–H groups in total. The maximum Gasteiger partial charge on any atom is 0.341 e. The van der Waals surface area contributed by atoms with Gasteiger partial charge in [-0.2, -0.15) is 0 Å². The van der Waals surface area contributed by atoms with Crippen LogP contribution in [0.15, 0.2) is 52.9 Å². The SMILES string of the molecule is C[C@H](NC(=O)COC(=O)c1cc(Cl)ccc1F)c1cc2ccccc2o1. The molecule has 0 bridgehead atoms. The lowest BCUT2D eigenvalue weighted by Crippen LogP contribution is -2.31. The number of hydrogen-bond acceptors (Lipinski definition) is 4. The van der Waals surface area contributed by atoms with E-state index < -0.39 is 30.3 Å². The lowest BCUT2D eigenvalue weighted by molar-refractivity contribution is -0.125. The van der Waals surface area contributed by atoms with Crippen molar-refractivity contribution >= 4 is 34.4 Å². The number of carbonyl (C=O) groups is 2. The lowest BCUT2D eigenvalue weighted by Gasteiger charge is -2.11. The summed E-state index contributed by atoms with van der Waals surface area (Å²) >= 11 is 5.73. The molecule has 3 aromatic rings. The number of rotatable bonds is 5. The zero-order valence-corrected chi connectivity index (χ0v) is 14.5. The summed E-state index contributed by atoms with van der Waals surface area (Å²) in [5.74, 6) is -1.69. The van der Waals surface area contributed by atoms with E-state index in [1.165, 1.54) is 6.07 Å². The highest BCUT2D eigenvalue weighted by Gasteiger charge is 2.18. The van der Waals surface area contributed by atoms with Gasteiger partial charge in [-0.1, -0.05) is 29.8 Å². The van der Waals surface area contributed by atoms with Crippen LogP contribution < -0.4 is 5.32 Å². The van der Waals surface area contributed by atoms with E-state index in [0.717, 1.165) is 17.5 Å². The molecule has 0 unspecified atom stereocenters. The summed E-state index contributed by atoms with van der Waals surface area (Å²) in [6.07, 6.45) is 0. The number of benzene rings is 2. The van der Waals surface area contributed by atoms with Crippen molar-refractivity contribution in [1.82, 2.24) is 5.32 Å². The smallest absolute Gasteiger partial charge is 0.341 e. The Hall–Kier alpha value is -2.86. The molecule has 2 aromatic carbocycles. The molecule has 0 saturated heterocycles. The summed E-state index contributed by atoms with van der Waals surface area (Å²) in [6.45, 7) is 1.20. The highest BCUT2D eigenvalue weighted by Crippen LogP contribution is 2.23. The Morgan fingerprint density at radius 1 is 1.23 bits per heavy atom. The van der Waals surface area contributed by atoms with Gasteiger partial charge in [0.1, 0.15) is 17.2 Å². The Labute approximate surface area is 153 Å². The molecule has 0 spiro atoms. The molecule has 0 aliphatic heterocycles. The zero-order valence-electron chi connectivity index (χ0n) is 13.8. The molecule has 1 aromatic heterocycles. The third-order valence-electron chi connectivity index (χ3n) is 3.73. The standard InChI is InChI=1S/C19H15ClFNO4/c1-11(17-8-12-4-2-3-5-16(12)26-17)22-18(23)10-25-19(24)14-9-13(20)6-7-15(14)21/h2-9,11H,10H2,1H3,(H,22,23)/t11-/m0/s1. The maximum atomic E-state index is 13.6. The van der Waals surface area contributed by atoms with Crippen LogP contribution in [0.4, 0.5) is 4.39 Å². The van der Waals surface area contributed by atoms with Crippen LogP contribution in [-0.2, 0) is 9.53 Å². The van der Waals surface area contributed by atoms with Crippen molar-refractivity contribution in [2.45, 2.75) is 13.0 Å². The van der Waals surface area contributed by atoms with Crippen molar-refractivity contribution in [1.29, 1.82) is 0 Å². The molecule has 134 valence electrons. The van der Waals surface area contributed by atoms with Crippen molar-refractivity contribution in [3.8, 4) is 0 Å². The molecule has 1 amide bonds. The minimum absolute atomic E-state index is 0.196. The quantitative estimate of drug-likeness (QED) is 0.676. The molecule has 7 heteroatoms. The summed E-state index contributed by atoms with van der Waals surface area (Å²) in [5, 5.41) is 3.78. The van der Waals surface area contributed by atoms with Crippen molar-refractivity contribution in [2.75, 3.05) is 6.61 Å². The van der Waals surface area contributed by atoms with Gasteiger partial charge in [-0.15, -0.1) is 0 Å². The third kappa shape index (κ3) is 4.03. The maximum absolute atomic E-state index is 13.6. The second-order valence-corrected chi connectivity index (χ2v) is 6.11. The van der Waals surface area contributed by atoms with Gasteiger partial charge in [-0.25, -0.2) is 9.18 Å². The third-order valence-corrected chi connectivity index (χ3v) is 3.97. The fourth-order valence-electron chi connectivity index (χ4n) is 2.43. The van der Waals surface area contributed by atoms with E-state index in [1.807, 2.05) is 30.3 Å². The summed E-state index contributed by atoms with van der Waals surface area (Å²) in [5.41, 5.74) is 0.391. The number of halogens is 2. The van der Waals surface area contributed by atoms with Gasteiger partial charge in [-0.3, -0.25) is 4.79 Å². The molecule has 26 heavy (non-hydrogen) atoms. The molecule has 0 fully saturated rings. The molecule has 0 aliphatic rings. The van der Waals surface area contributed by atoms with Crippen molar-refractivity contribution in [2.24, 2.45) is 0 Å². The fraction of sp³-hybridized carbons (Fsp3) is 0.158. The summed E-state index contributed by atoms with van der Waals surface area (Å²) in [4.78, 5) is 23.9. The summed E-state index contributed by atoms with van der Waals surface area (Å²) < 4.78 is 24.1. The average molecular weight is 376 g/mol. The largest absolute Gasteiger partial charge is 0.459 e. The Balaban J connectivity index is 1.58. The molecule has 0 radical (unpaired) electrons. The molecule has 1 atom stereocenters. The normalized spacial score (nSPS) is 12.0. The van der Waals surface area contributed by atoms with Crippen molar-refractivity contribution in [3.05, 3.63) is 70.7 Å². The van der Waals surface area contributed by atoms with E-state index in [4.69, 9.17) is 20.8 Å². The number of carbonyl (C=O) groups excluding carboxylic acids is 2. The van der Waals surface area contributed by atoms with E-state index in [-0.39, 0.29) is 10.6 Å². The Morgan fingerprint density at radius 2 is 2.00 bits per heavy atom. The van der Waals surface area contributed by atoms with Gasteiger partial charge < -0.3 is 14.5 Å². The highest BCUT2D eigenvalue weighted by molar-refractivity contribution is 6.30. The van der Waals surface area contributed by atoms with E-state index in [9.17, 15) is 14.0 Å². The second kappa shape index (κ2) is 7.58. The van der Waals surface area contributed by atoms with Crippen molar-refractivity contribution in [3.63, 3.8) is 0 Å². The number of furan rings is 1. The predicted octanol–water partition coefficient (Wildman–Crippen LogP) is 4.26. The van der Waals surface area contributed by atoms with Crippen LogP contribution in [0.1, 0.15) is 29.1 Å². The summed E-state index contributed by atoms with van der Waals surface area (Å²) in [7, 11) is 0. The van der Waals surface area contributed by atoms with E-state index >= 15 is 0 Å². The fourth-order valence-corrected chi connectivity index (χ4v) is 2.60. The average Bonchev–Trinajstić information content (AvgIpc) is 3.06. The van der Waals surface area contributed by atoms with Gasteiger partial charge in [0.25, 0.3) is 5.91 Å². The number of ether oxygens (including phenoxy) is 1. The van der Waals surface area contributed by atoms with Crippen LogP contribution in [0.3, 0.4) is 0 Å².